The van der Waals surface area contributed by atoms with Crippen molar-refractivity contribution in [3.63, 3.8) is 0 Å². The molecule has 0 bridgehead atoms. The van der Waals surface area contributed by atoms with Crippen molar-refractivity contribution >= 4 is 34.6 Å². The summed E-state index contributed by atoms with van der Waals surface area (Å²) in [4.78, 5) is 18.0. The van der Waals surface area contributed by atoms with Crippen molar-refractivity contribution in [1.29, 1.82) is 10.7 Å². The molecule has 1 aromatic carbocycles. The molecule has 0 saturated carbocycles. The van der Waals surface area contributed by atoms with Crippen LogP contribution in [0.2, 0.25) is 10.0 Å². The number of aromatic amines is 1. The van der Waals surface area contributed by atoms with Crippen LogP contribution in [0.1, 0.15) is 35.3 Å². The first-order chi connectivity index (χ1) is 14.8. The van der Waals surface area contributed by atoms with Gasteiger partial charge >= 0.3 is 0 Å². The van der Waals surface area contributed by atoms with E-state index in [-0.39, 0.29) is 17.0 Å². The summed E-state index contributed by atoms with van der Waals surface area (Å²) in [5.41, 5.74) is 6.92. The van der Waals surface area contributed by atoms with Crippen LogP contribution in [-0.2, 0) is 0 Å². The number of hydrogen-bond donors (Lipinski definition) is 3. The van der Waals surface area contributed by atoms with Gasteiger partial charge in [-0.25, -0.2) is 0 Å². The standard InChI is InChI=1S/C21H17Cl2N5O3/c1-10(19-14(22)8-27-9-15(19)23)31-18-4-13(16(25)5-17(18)30-2)20(26)12-3-11(6-24)21(29)28-7-12/h3-5,7-10,26H,25H2,1-2H3,(H,28,29)/t10-/m1/s1. The number of aromatic nitrogens is 2. The van der Waals surface area contributed by atoms with Gasteiger partial charge in [-0.2, -0.15) is 5.26 Å². The molecule has 0 unspecified atom stereocenters. The molecule has 3 rings (SSSR count). The predicted octanol–water partition coefficient (Wildman–Crippen LogP) is 4.10. The number of H-pyrrole nitrogens is 1. The summed E-state index contributed by atoms with van der Waals surface area (Å²) in [6.07, 6.45) is 3.70. The number of nitrogen functional groups attached to an aromatic ring is 1. The van der Waals surface area contributed by atoms with E-state index in [2.05, 4.69) is 9.97 Å². The van der Waals surface area contributed by atoms with E-state index in [4.69, 9.17) is 49.1 Å². The van der Waals surface area contributed by atoms with E-state index in [1.165, 1.54) is 37.8 Å². The number of anilines is 1. The first-order valence-corrected chi connectivity index (χ1v) is 9.67. The fourth-order valence-corrected chi connectivity index (χ4v) is 3.64. The Kier molecular flexibility index (Phi) is 6.49. The smallest absolute Gasteiger partial charge is 0.265 e. The van der Waals surface area contributed by atoms with Crippen molar-refractivity contribution in [2.75, 3.05) is 12.8 Å². The zero-order valence-electron chi connectivity index (χ0n) is 16.5. The molecule has 0 saturated heterocycles. The minimum Gasteiger partial charge on any atom is -0.493 e. The molecular formula is C21H17Cl2N5O3. The summed E-state index contributed by atoms with van der Waals surface area (Å²) in [5.74, 6) is 0.652. The number of halogens is 2. The number of hydrogen-bond acceptors (Lipinski definition) is 7. The molecule has 0 aliphatic carbocycles. The topological polar surface area (TPSA) is 138 Å². The summed E-state index contributed by atoms with van der Waals surface area (Å²) < 4.78 is 11.4. The van der Waals surface area contributed by atoms with Crippen molar-refractivity contribution in [2.24, 2.45) is 0 Å². The van der Waals surface area contributed by atoms with Crippen molar-refractivity contribution in [3.05, 3.63) is 79.4 Å². The molecule has 31 heavy (non-hydrogen) atoms. The van der Waals surface area contributed by atoms with Gasteiger partial charge in [-0.3, -0.25) is 15.2 Å². The molecule has 3 aromatic rings. The van der Waals surface area contributed by atoms with E-state index >= 15 is 0 Å². The van der Waals surface area contributed by atoms with Crippen LogP contribution in [0.4, 0.5) is 5.69 Å². The Morgan fingerprint density at radius 3 is 2.55 bits per heavy atom. The van der Waals surface area contributed by atoms with E-state index in [9.17, 15) is 4.79 Å². The fraction of sp³-hybridized carbons (Fsp3) is 0.143. The molecule has 8 nitrogen and oxygen atoms in total. The SMILES string of the molecule is COc1cc(N)c(C(=N)c2c[nH]c(=O)c(C#N)c2)cc1O[C@H](C)c1c(Cl)cncc1Cl. The van der Waals surface area contributed by atoms with Crippen LogP contribution in [0.5, 0.6) is 11.5 Å². The van der Waals surface area contributed by atoms with Crippen LogP contribution in [0.25, 0.3) is 0 Å². The van der Waals surface area contributed by atoms with Gasteiger partial charge in [0.25, 0.3) is 5.56 Å². The number of nitrogens with two attached hydrogens (primary N) is 1. The quantitative estimate of drug-likeness (QED) is 0.376. The number of benzene rings is 1. The summed E-state index contributed by atoms with van der Waals surface area (Å²) >= 11 is 12.4. The van der Waals surface area contributed by atoms with Crippen molar-refractivity contribution in [2.45, 2.75) is 13.0 Å². The van der Waals surface area contributed by atoms with Crippen molar-refractivity contribution in [3.8, 4) is 17.6 Å². The summed E-state index contributed by atoms with van der Waals surface area (Å²) in [6, 6.07) is 6.19. The van der Waals surface area contributed by atoms with Gasteiger partial charge in [0.2, 0.25) is 0 Å². The Bertz CT molecular complexity index is 1250. The van der Waals surface area contributed by atoms with Crippen molar-refractivity contribution < 1.29 is 9.47 Å². The lowest BCUT2D eigenvalue weighted by molar-refractivity contribution is 0.216. The van der Waals surface area contributed by atoms with Gasteiger partial charge < -0.3 is 20.2 Å². The van der Waals surface area contributed by atoms with Gasteiger partial charge in [0.15, 0.2) is 11.5 Å². The maximum absolute atomic E-state index is 11.6. The largest absolute Gasteiger partial charge is 0.493 e. The van der Waals surface area contributed by atoms with Gasteiger partial charge in [0, 0.05) is 47.0 Å². The molecule has 158 valence electrons. The molecular weight excluding hydrogens is 441 g/mol. The molecule has 0 fully saturated rings. The number of nitrogens with zero attached hydrogens (tertiary/aromatic N) is 2. The first kappa shape index (κ1) is 22.2. The number of pyridine rings is 2. The summed E-state index contributed by atoms with van der Waals surface area (Å²) in [7, 11) is 1.46. The third kappa shape index (κ3) is 4.48. The lowest BCUT2D eigenvalue weighted by Crippen LogP contribution is -2.14. The summed E-state index contributed by atoms with van der Waals surface area (Å²) in [6.45, 7) is 1.76. The predicted molar refractivity (Wildman–Crippen MR) is 118 cm³/mol. The number of methoxy groups -OCH3 is 1. The lowest BCUT2D eigenvalue weighted by Gasteiger charge is -2.20. The normalized spacial score (nSPS) is 11.5. The van der Waals surface area contributed by atoms with Gasteiger partial charge in [-0.15, -0.1) is 0 Å². The molecule has 4 N–H and O–H groups in total. The molecule has 2 heterocycles. The number of ether oxygens (including phenoxy) is 2. The Labute approximate surface area is 187 Å². The van der Waals surface area contributed by atoms with Crippen LogP contribution >= 0.6 is 23.2 Å². The third-order valence-corrected chi connectivity index (χ3v) is 5.12. The highest BCUT2D eigenvalue weighted by molar-refractivity contribution is 6.35. The van der Waals surface area contributed by atoms with Crippen LogP contribution in [0, 0.1) is 16.7 Å². The van der Waals surface area contributed by atoms with Crippen LogP contribution in [-0.4, -0.2) is 22.8 Å². The average Bonchev–Trinajstić information content (AvgIpc) is 2.74. The second-order valence-electron chi connectivity index (χ2n) is 6.49. The van der Waals surface area contributed by atoms with E-state index in [0.29, 0.717) is 38.2 Å². The van der Waals surface area contributed by atoms with Gasteiger partial charge in [-0.1, -0.05) is 23.2 Å². The minimum atomic E-state index is -0.569. The molecule has 0 amide bonds. The van der Waals surface area contributed by atoms with E-state index in [0.717, 1.165) is 0 Å². The Balaban J connectivity index is 2.03. The third-order valence-electron chi connectivity index (χ3n) is 4.52. The zero-order chi connectivity index (χ0) is 22.7. The van der Waals surface area contributed by atoms with Gasteiger partial charge in [-0.05, 0) is 19.1 Å². The van der Waals surface area contributed by atoms with E-state index < -0.39 is 11.7 Å². The lowest BCUT2D eigenvalue weighted by atomic mass is 10.0. The Morgan fingerprint density at radius 1 is 1.26 bits per heavy atom. The van der Waals surface area contributed by atoms with Crippen LogP contribution in [0.3, 0.4) is 0 Å². The molecule has 2 aromatic heterocycles. The van der Waals surface area contributed by atoms with Crippen LogP contribution < -0.4 is 20.8 Å². The monoisotopic (exact) mass is 457 g/mol. The molecule has 0 aliphatic rings. The Morgan fingerprint density at radius 2 is 1.94 bits per heavy atom. The number of nitriles is 1. The maximum atomic E-state index is 11.6. The highest BCUT2D eigenvalue weighted by atomic mass is 35.5. The average molecular weight is 458 g/mol. The molecule has 0 radical (unpaired) electrons. The summed E-state index contributed by atoms with van der Waals surface area (Å²) in [5, 5.41) is 18.3. The second-order valence-corrected chi connectivity index (χ2v) is 7.30. The molecule has 0 spiro atoms. The van der Waals surface area contributed by atoms with Gasteiger partial charge in [0.1, 0.15) is 17.7 Å². The van der Waals surface area contributed by atoms with E-state index in [1.54, 1.807) is 19.1 Å². The number of rotatable bonds is 6. The Hall–Kier alpha value is -3.54. The zero-order valence-corrected chi connectivity index (χ0v) is 18.0. The second kappa shape index (κ2) is 9.08. The van der Waals surface area contributed by atoms with Crippen LogP contribution in [0.15, 0.2) is 41.6 Å². The molecule has 10 heteroatoms. The maximum Gasteiger partial charge on any atom is 0.265 e. The first-order valence-electron chi connectivity index (χ1n) is 8.92. The number of nitrogens with one attached hydrogen (secondary N) is 2. The highest BCUT2D eigenvalue weighted by Crippen LogP contribution is 2.38. The van der Waals surface area contributed by atoms with Crippen molar-refractivity contribution in [1.82, 2.24) is 9.97 Å². The van der Waals surface area contributed by atoms with Gasteiger partial charge in [0.05, 0.1) is 22.9 Å². The molecule has 1 atom stereocenters. The highest BCUT2D eigenvalue weighted by Gasteiger charge is 2.20. The minimum absolute atomic E-state index is 0.00891. The van der Waals surface area contributed by atoms with E-state index in [1.807, 2.05) is 0 Å². The fourth-order valence-electron chi connectivity index (χ4n) is 2.97. The molecule has 0 aliphatic heterocycles.